The molecule has 2 aliphatic rings. The summed E-state index contributed by atoms with van der Waals surface area (Å²) >= 11 is 4.59. The molecule has 2 rings (SSSR count). The van der Waals surface area contributed by atoms with Gasteiger partial charge in [-0.3, -0.25) is 14.4 Å². The minimum Gasteiger partial charge on any atom is -0.341 e. The predicted octanol–water partition coefficient (Wildman–Crippen LogP) is 0.254. The molecule has 2 heterocycles. The fourth-order valence-electron chi connectivity index (χ4n) is 1.72. The zero-order chi connectivity index (χ0) is 12.4. The average molecular weight is 319 g/mol. The summed E-state index contributed by atoms with van der Waals surface area (Å²) in [6, 6.07) is -0.486. The van der Waals surface area contributed by atoms with Gasteiger partial charge in [-0.15, -0.1) is 11.8 Å². The highest BCUT2D eigenvalue weighted by Gasteiger charge is 2.48. The van der Waals surface area contributed by atoms with Gasteiger partial charge >= 0.3 is 0 Å². The van der Waals surface area contributed by atoms with Crippen molar-refractivity contribution in [3.05, 3.63) is 12.3 Å². The number of alkyl halides is 1. The van der Waals surface area contributed by atoms with Crippen molar-refractivity contribution < 1.29 is 14.4 Å². The molecule has 92 valence electrons. The van der Waals surface area contributed by atoms with Gasteiger partial charge in [-0.05, 0) is 0 Å². The molecular formula is C10H11BrN2O3S. The second-order valence-electron chi connectivity index (χ2n) is 3.75. The minimum atomic E-state index is -0.486. The number of thioether (sulfide) groups is 1. The molecule has 0 spiro atoms. The van der Waals surface area contributed by atoms with Gasteiger partial charge in [-0.2, -0.15) is 0 Å². The fraction of sp³-hybridized carbons (Fsp3) is 0.500. The highest BCUT2D eigenvalue weighted by atomic mass is 79.9. The van der Waals surface area contributed by atoms with Crippen LogP contribution in [0.15, 0.2) is 12.3 Å². The lowest BCUT2D eigenvalue weighted by Gasteiger charge is -2.46. The van der Waals surface area contributed by atoms with Gasteiger partial charge in [-0.25, -0.2) is 0 Å². The predicted molar refractivity (Wildman–Crippen MR) is 67.6 cm³/mol. The number of Topliss-reactive ketones (excluding diaryl/α,β-unsaturated/α-hetero) is 1. The molecule has 2 aliphatic heterocycles. The number of amides is 2. The Balaban J connectivity index is 1.88. The van der Waals surface area contributed by atoms with Crippen LogP contribution in [-0.2, 0) is 14.4 Å². The van der Waals surface area contributed by atoms with E-state index in [2.05, 4.69) is 21.2 Å². The van der Waals surface area contributed by atoms with Crippen molar-refractivity contribution in [2.45, 2.75) is 17.8 Å². The Morgan fingerprint density at radius 2 is 2.35 bits per heavy atom. The van der Waals surface area contributed by atoms with Gasteiger partial charge in [0.2, 0.25) is 5.91 Å². The molecule has 7 heteroatoms. The van der Waals surface area contributed by atoms with E-state index in [0.29, 0.717) is 0 Å². The molecule has 0 aliphatic carbocycles. The molecule has 0 aromatic rings. The molecule has 0 saturated carbocycles. The summed E-state index contributed by atoms with van der Waals surface area (Å²) < 4.78 is 0. The van der Waals surface area contributed by atoms with E-state index in [1.165, 1.54) is 0 Å². The van der Waals surface area contributed by atoms with Crippen molar-refractivity contribution in [2.24, 2.45) is 0 Å². The number of carbonyl (C=O) groups excluding carboxylic acids is 3. The Bertz CT molecular complexity index is 399. The summed E-state index contributed by atoms with van der Waals surface area (Å²) in [6.45, 7) is 0. The second-order valence-corrected chi connectivity index (χ2v) is 5.46. The molecular weight excluding hydrogens is 308 g/mol. The first-order chi connectivity index (χ1) is 8.13. The Hall–Kier alpha value is -0.820. The van der Waals surface area contributed by atoms with E-state index >= 15 is 0 Å². The first-order valence-electron chi connectivity index (χ1n) is 5.11. The highest BCUT2D eigenvalue weighted by Crippen LogP contribution is 2.33. The number of hydrogen-bond acceptors (Lipinski definition) is 4. The second kappa shape index (κ2) is 5.22. The van der Waals surface area contributed by atoms with Crippen LogP contribution in [0.25, 0.3) is 0 Å². The Labute approximate surface area is 111 Å². The summed E-state index contributed by atoms with van der Waals surface area (Å²) in [5.41, 5.74) is 0. The van der Waals surface area contributed by atoms with E-state index in [1.54, 1.807) is 22.9 Å². The Morgan fingerprint density at radius 3 is 3.06 bits per heavy atom. The van der Waals surface area contributed by atoms with E-state index < -0.39 is 6.04 Å². The van der Waals surface area contributed by atoms with Crippen molar-refractivity contribution in [2.75, 3.05) is 11.1 Å². The maximum Gasteiger partial charge on any atom is 0.253 e. The summed E-state index contributed by atoms with van der Waals surface area (Å²) in [5.74, 6) is 0.143. The third kappa shape index (κ3) is 2.55. The lowest BCUT2D eigenvalue weighted by molar-refractivity contribution is -0.145. The smallest absolute Gasteiger partial charge is 0.253 e. The number of rotatable bonds is 4. The first-order valence-corrected chi connectivity index (χ1v) is 7.28. The summed E-state index contributed by atoms with van der Waals surface area (Å²) in [4.78, 5) is 35.8. The molecule has 1 N–H and O–H groups in total. The van der Waals surface area contributed by atoms with Crippen LogP contribution in [0.2, 0.25) is 0 Å². The number of hydrogen-bond donors (Lipinski definition) is 1. The number of nitrogens with zero attached hydrogens (tertiary/aromatic N) is 1. The van der Waals surface area contributed by atoms with Crippen LogP contribution in [0.3, 0.4) is 0 Å². The molecule has 0 aromatic carbocycles. The van der Waals surface area contributed by atoms with Gasteiger partial charge in [0.15, 0.2) is 5.78 Å². The quantitative estimate of drug-likeness (QED) is 0.458. The molecule has 1 saturated heterocycles. The number of ketones is 1. The van der Waals surface area contributed by atoms with Crippen molar-refractivity contribution >= 4 is 45.3 Å². The first kappa shape index (κ1) is 12.6. The van der Waals surface area contributed by atoms with Gasteiger partial charge in [0.1, 0.15) is 11.4 Å². The van der Waals surface area contributed by atoms with Crippen LogP contribution in [-0.4, -0.2) is 45.0 Å². The third-order valence-electron chi connectivity index (χ3n) is 2.53. The molecule has 2 amide bonds. The van der Waals surface area contributed by atoms with Gasteiger partial charge < -0.3 is 10.2 Å². The maximum atomic E-state index is 11.6. The Morgan fingerprint density at radius 1 is 1.59 bits per heavy atom. The molecule has 1 unspecified atom stereocenters. The molecule has 5 nitrogen and oxygen atoms in total. The minimum absolute atomic E-state index is 0.0180. The van der Waals surface area contributed by atoms with Gasteiger partial charge in [-0.1, -0.05) is 22.0 Å². The van der Waals surface area contributed by atoms with Crippen molar-refractivity contribution in [1.29, 1.82) is 0 Å². The molecule has 2 atom stereocenters. The van der Waals surface area contributed by atoms with E-state index in [0.717, 1.165) is 5.75 Å². The van der Waals surface area contributed by atoms with Crippen LogP contribution in [0.4, 0.5) is 0 Å². The molecule has 0 aromatic heterocycles. The third-order valence-corrected chi connectivity index (χ3v) is 4.38. The van der Waals surface area contributed by atoms with Crippen molar-refractivity contribution in [3.63, 3.8) is 0 Å². The van der Waals surface area contributed by atoms with Crippen LogP contribution < -0.4 is 5.32 Å². The number of fused-ring (bicyclic) bond motifs is 1. The average Bonchev–Trinajstić information content (AvgIpc) is 2.35. The fourth-order valence-corrected chi connectivity index (χ4v) is 3.02. The molecule has 1 fully saturated rings. The van der Waals surface area contributed by atoms with Gasteiger partial charge in [0, 0.05) is 12.0 Å². The Kier molecular flexibility index (Phi) is 3.88. The van der Waals surface area contributed by atoms with E-state index in [-0.39, 0.29) is 34.7 Å². The van der Waals surface area contributed by atoms with Crippen molar-refractivity contribution in [3.8, 4) is 0 Å². The van der Waals surface area contributed by atoms with Gasteiger partial charge in [0.25, 0.3) is 5.91 Å². The topological polar surface area (TPSA) is 66.5 Å². The zero-order valence-electron chi connectivity index (χ0n) is 8.89. The maximum absolute atomic E-state index is 11.6. The summed E-state index contributed by atoms with van der Waals surface area (Å²) in [6.07, 6.45) is 3.48. The summed E-state index contributed by atoms with van der Waals surface area (Å²) in [5, 5.41) is 2.74. The lowest BCUT2D eigenvalue weighted by Crippen LogP contribution is -2.68. The van der Waals surface area contributed by atoms with Crippen LogP contribution in [0.1, 0.15) is 6.42 Å². The van der Waals surface area contributed by atoms with Crippen LogP contribution >= 0.6 is 27.7 Å². The normalized spacial score (nSPS) is 26.2. The summed E-state index contributed by atoms with van der Waals surface area (Å²) in [7, 11) is 0. The number of carbonyl (C=O) groups is 3. The number of nitrogens with one attached hydrogen (secondary N) is 1. The van der Waals surface area contributed by atoms with Crippen LogP contribution in [0.5, 0.6) is 0 Å². The molecule has 17 heavy (non-hydrogen) atoms. The van der Waals surface area contributed by atoms with Gasteiger partial charge in [0.05, 0.1) is 11.8 Å². The lowest BCUT2D eigenvalue weighted by atomic mass is 10.1. The van der Waals surface area contributed by atoms with E-state index in [4.69, 9.17) is 0 Å². The molecule has 0 bridgehead atoms. The number of β-lactam (4-membered cyclic amide) rings is 1. The number of halogens is 1. The largest absolute Gasteiger partial charge is 0.341 e. The van der Waals surface area contributed by atoms with Crippen LogP contribution in [0, 0.1) is 0 Å². The highest BCUT2D eigenvalue weighted by molar-refractivity contribution is 9.09. The molecule has 0 radical (unpaired) electrons. The van der Waals surface area contributed by atoms with Crippen molar-refractivity contribution in [1.82, 2.24) is 10.2 Å². The zero-order valence-corrected chi connectivity index (χ0v) is 11.3. The standard InChI is InChI=1S/C10H11BrN2O3S/c11-5-6(14)4-7(15)12-8-9(16)13-2-1-3-17-10(8)13/h1-2,8,10H,3-5H2,(H,12,15)/t8?,10-/m1/s1. The monoisotopic (exact) mass is 318 g/mol. The van der Waals surface area contributed by atoms with E-state index in [9.17, 15) is 14.4 Å². The SMILES string of the molecule is O=C(CBr)CC(=O)NC1C(=O)N2C=CCS[C@H]12. The van der Waals surface area contributed by atoms with E-state index in [1.807, 2.05) is 6.08 Å².